The molecular formula is C52H51BN4. The number of anilines is 4. The van der Waals surface area contributed by atoms with Crippen LogP contribution in [0.4, 0.5) is 22.7 Å². The summed E-state index contributed by atoms with van der Waals surface area (Å²) in [7, 11) is 0. The lowest BCUT2D eigenvalue weighted by molar-refractivity contribution is 0.590. The molecule has 2 aliphatic rings. The third-order valence-corrected chi connectivity index (χ3v) is 12.0. The van der Waals surface area contributed by atoms with E-state index in [0.717, 1.165) is 35.6 Å². The second kappa shape index (κ2) is 14.5. The molecule has 0 unspecified atom stereocenters. The molecule has 0 amide bonds. The molecule has 282 valence electrons. The number of fused-ring (bicyclic) bond motifs is 4. The highest BCUT2D eigenvalue weighted by molar-refractivity contribution is 7.00. The average molecular weight is 743 g/mol. The van der Waals surface area contributed by atoms with Crippen LogP contribution in [-0.2, 0) is 18.5 Å². The van der Waals surface area contributed by atoms with Crippen molar-refractivity contribution in [1.82, 2.24) is 9.97 Å². The number of hydrogen-bond donors (Lipinski definition) is 0. The van der Waals surface area contributed by atoms with Gasteiger partial charge in [-0.25, -0.2) is 0 Å². The topological polar surface area (TPSA) is 32.3 Å². The summed E-state index contributed by atoms with van der Waals surface area (Å²) in [4.78, 5) is 15.1. The molecule has 0 saturated heterocycles. The Morgan fingerprint density at radius 2 is 0.947 bits per heavy atom. The molecule has 2 aliphatic heterocycles. The van der Waals surface area contributed by atoms with Crippen LogP contribution in [0.25, 0.3) is 22.5 Å². The van der Waals surface area contributed by atoms with Crippen molar-refractivity contribution < 1.29 is 0 Å². The van der Waals surface area contributed by atoms with Crippen LogP contribution in [0.3, 0.4) is 0 Å². The molecule has 0 N–H and O–H groups in total. The smallest absolute Gasteiger partial charge is 0.252 e. The van der Waals surface area contributed by atoms with Crippen molar-refractivity contribution in [2.24, 2.45) is 0 Å². The van der Waals surface area contributed by atoms with Gasteiger partial charge in [-0.2, -0.15) is 0 Å². The highest BCUT2D eigenvalue weighted by atomic mass is 15.2. The van der Waals surface area contributed by atoms with Gasteiger partial charge in [0.2, 0.25) is 0 Å². The maximum atomic E-state index is 4.94. The zero-order chi connectivity index (χ0) is 39.4. The number of pyridine rings is 2. The molecular weight excluding hydrogens is 691 g/mol. The maximum Gasteiger partial charge on any atom is 0.252 e. The summed E-state index contributed by atoms with van der Waals surface area (Å²) in [5.74, 6) is 0.832. The first-order chi connectivity index (χ1) is 27.5. The van der Waals surface area contributed by atoms with Crippen LogP contribution in [0.2, 0.25) is 0 Å². The monoisotopic (exact) mass is 742 g/mol. The average Bonchev–Trinajstić information content (AvgIpc) is 3.22. The van der Waals surface area contributed by atoms with Crippen molar-refractivity contribution in [3.05, 3.63) is 174 Å². The molecule has 7 aromatic rings. The van der Waals surface area contributed by atoms with E-state index in [1.54, 1.807) is 0 Å². The van der Waals surface area contributed by atoms with Crippen LogP contribution in [0.15, 0.2) is 146 Å². The zero-order valence-corrected chi connectivity index (χ0v) is 34.3. The minimum Gasteiger partial charge on any atom is -0.338 e. The Balaban J connectivity index is 1.34. The molecule has 0 fully saturated rings. The fraction of sp³-hybridized carbons (Fsp3) is 0.231. The van der Waals surface area contributed by atoms with Gasteiger partial charge < -0.3 is 9.80 Å². The largest absolute Gasteiger partial charge is 0.338 e. The van der Waals surface area contributed by atoms with Gasteiger partial charge in [-0.15, -0.1) is 0 Å². The van der Waals surface area contributed by atoms with Crippen LogP contribution < -0.4 is 26.2 Å². The van der Waals surface area contributed by atoms with Gasteiger partial charge in [-0.3, -0.25) is 9.97 Å². The Kier molecular flexibility index (Phi) is 9.35. The molecule has 0 atom stereocenters. The number of benzene rings is 5. The minimum atomic E-state index is -0.0632. The fourth-order valence-electron chi connectivity index (χ4n) is 8.72. The molecule has 0 radical (unpaired) electrons. The van der Waals surface area contributed by atoms with Crippen molar-refractivity contribution in [3.8, 4) is 22.5 Å². The molecule has 0 bridgehead atoms. The van der Waals surface area contributed by atoms with Crippen molar-refractivity contribution >= 4 is 45.9 Å². The molecule has 4 nitrogen and oxygen atoms in total. The minimum absolute atomic E-state index is 0.00507. The quantitative estimate of drug-likeness (QED) is 0.145. The van der Waals surface area contributed by atoms with Crippen LogP contribution in [-0.4, -0.2) is 16.7 Å². The zero-order valence-electron chi connectivity index (χ0n) is 34.3. The van der Waals surface area contributed by atoms with Gasteiger partial charge in [0.05, 0.1) is 11.4 Å². The summed E-state index contributed by atoms with van der Waals surface area (Å²) in [6.45, 7) is 17.5. The third-order valence-electron chi connectivity index (χ3n) is 12.0. The number of aromatic nitrogens is 2. The highest BCUT2D eigenvalue weighted by Gasteiger charge is 2.43. The van der Waals surface area contributed by atoms with E-state index in [-0.39, 0.29) is 12.1 Å². The lowest BCUT2D eigenvalue weighted by Crippen LogP contribution is -2.62. The van der Waals surface area contributed by atoms with E-state index in [1.165, 1.54) is 67.0 Å². The normalized spacial score (nSPS) is 13.2. The van der Waals surface area contributed by atoms with Crippen molar-refractivity contribution in [3.63, 3.8) is 0 Å². The summed E-state index contributed by atoms with van der Waals surface area (Å²) in [6.07, 6.45) is 3.93. The van der Waals surface area contributed by atoms with Gasteiger partial charge in [-0.05, 0) is 121 Å². The van der Waals surface area contributed by atoms with Gasteiger partial charge >= 0.3 is 0 Å². The van der Waals surface area contributed by atoms with E-state index < -0.39 is 0 Å². The van der Waals surface area contributed by atoms with Crippen molar-refractivity contribution in [2.45, 2.75) is 78.8 Å². The van der Waals surface area contributed by atoms with Gasteiger partial charge in [0.15, 0.2) is 0 Å². The summed E-state index contributed by atoms with van der Waals surface area (Å²) in [5, 5.41) is 0. The molecule has 5 aromatic carbocycles. The lowest BCUT2D eigenvalue weighted by Gasteiger charge is -2.45. The summed E-state index contributed by atoms with van der Waals surface area (Å²) < 4.78 is 0. The van der Waals surface area contributed by atoms with E-state index in [9.17, 15) is 0 Å². The first kappa shape index (κ1) is 36.7. The molecule has 2 aromatic heterocycles. The lowest BCUT2D eigenvalue weighted by atomic mass is 9.33. The van der Waals surface area contributed by atoms with Gasteiger partial charge in [0, 0.05) is 48.2 Å². The van der Waals surface area contributed by atoms with E-state index in [0.29, 0.717) is 11.8 Å². The number of hydrogen-bond acceptors (Lipinski definition) is 4. The van der Waals surface area contributed by atoms with Gasteiger partial charge in [0.25, 0.3) is 6.71 Å². The molecule has 9 rings (SSSR count). The Hall–Kier alpha value is -5.94. The predicted octanol–water partition coefficient (Wildman–Crippen LogP) is 11.2. The highest BCUT2D eigenvalue weighted by Crippen LogP contribution is 2.43. The second-order valence-corrected chi connectivity index (χ2v) is 17.6. The van der Waals surface area contributed by atoms with Gasteiger partial charge in [-0.1, -0.05) is 133 Å². The van der Waals surface area contributed by atoms with E-state index >= 15 is 0 Å². The van der Waals surface area contributed by atoms with Crippen molar-refractivity contribution in [2.75, 3.05) is 9.80 Å². The molecule has 5 heteroatoms. The molecule has 0 aliphatic carbocycles. The van der Waals surface area contributed by atoms with E-state index in [2.05, 4.69) is 192 Å². The summed E-state index contributed by atoms with van der Waals surface area (Å²) in [6, 6.07) is 49.8. The van der Waals surface area contributed by atoms with E-state index in [4.69, 9.17) is 9.97 Å². The second-order valence-electron chi connectivity index (χ2n) is 17.6. The van der Waals surface area contributed by atoms with Gasteiger partial charge in [0.1, 0.15) is 0 Å². The predicted molar refractivity (Wildman–Crippen MR) is 242 cm³/mol. The summed E-state index contributed by atoms with van der Waals surface area (Å²) in [5.41, 5.74) is 19.7. The Bertz CT molecular complexity index is 2420. The number of nitrogens with zero attached hydrogens (tertiary/aromatic N) is 4. The SMILES string of the molecule is CC(C)c1ccnc(-c2ccc3c(c2)B2c4cc(-c5cc(C(C)C)ccn5)ccc4N(Cc4ccccc4)c4cc(C(C)(C)C)cc(c42)N3Cc2ccccc2)c1. The molecule has 57 heavy (non-hydrogen) atoms. The number of rotatable bonds is 8. The molecule has 0 saturated carbocycles. The van der Waals surface area contributed by atoms with Crippen LogP contribution in [0.1, 0.15) is 88.1 Å². The first-order valence-electron chi connectivity index (χ1n) is 20.6. The first-order valence-corrected chi connectivity index (χ1v) is 20.6. The third kappa shape index (κ3) is 6.84. The fourth-order valence-corrected chi connectivity index (χ4v) is 8.72. The molecule has 0 spiro atoms. The maximum absolute atomic E-state index is 4.94. The van der Waals surface area contributed by atoms with Crippen LogP contribution >= 0.6 is 0 Å². The molecule has 4 heterocycles. The Morgan fingerprint density at radius 3 is 1.35 bits per heavy atom. The van der Waals surface area contributed by atoms with Crippen LogP contribution in [0, 0.1) is 0 Å². The standard InChI is InChI=1S/C52H51BN4/c1-34(2)38-22-24-54-45(28-38)40-18-20-47-43(26-40)53-44-27-41(46-29-39(35(3)4)23-25-55-46)19-21-48(44)57(33-37-16-12-9-13-17-37)50-31-42(52(5,6)7)30-49(51(50)53)56(47)32-36-14-10-8-11-15-36/h8-31,34-35H,32-33H2,1-7H3. The van der Waals surface area contributed by atoms with Crippen molar-refractivity contribution in [1.29, 1.82) is 0 Å². The summed E-state index contributed by atoms with van der Waals surface area (Å²) >= 11 is 0. The van der Waals surface area contributed by atoms with Crippen LogP contribution in [0.5, 0.6) is 0 Å². The van der Waals surface area contributed by atoms with E-state index in [1.807, 2.05) is 12.4 Å². The Labute approximate surface area is 339 Å². The Morgan fingerprint density at radius 1 is 0.509 bits per heavy atom.